The van der Waals surface area contributed by atoms with Gasteiger partial charge < -0.3 is 19.3 Å². The van der Waals surface area contributed by atoms with Crippen molar-refractivity contribution in [2.24, 2.45) is 0 Å². The van der Waals surface area contributed by atoms with E-state index in [2.05, 4.69) is 6.92 Å². The number of rotatable bonds is 6. The SMILES string of the molecule is CCCCOc1ccc(-c2ccc(C3(O)CCC4(CC3)OCCO4)c(F)c2F)cc1. The van der Waals surface area contributed by atoms with Crippen molar-refractivity contribution in [1.29, 1.82) is 0 Å². The fourth-order valence-corrected chi connectivity index (χ4v) is 4.30. The summed E-state index contributed by atoms with van der Waals surface area (Å²) < 4.78 is 46.9. The van der Waals surface area contributed by atoms with Gasteiger partial charge in [-0.1, -0.05) is 37.6 Å². The minimum Gasteiger partial charge on any atom is -0.494 e. The summed E-state index contributed by atoms with van der Waals surface area (Å²) in [6.45, 7) is 3.77. The van der Waals surface area contributed by atoms with E-state index in [0.717, 1.165) is 12.8 Å². The second-order valence-corrected chi connectivity index (χ2v) is 8.15. The smallest absolute Gasteiger partial charge is 0.168 e. The number of aliphatic hydroxyl groups is 1. The van der Waals surface area contributed by atoms with E-state index in [1.54, 1.807) is 24.3 Å². The molecule has 0 bridgehead atoms. The van der Waals surface area contributed by atoms with Crippen molar-refractivity contribution in [2.45, 2.75) is 56.8 Å². The number of hydrogen-bond acceptors (Lipinski definition) is 4. The predicted octanol–water partition coefficient (Wildman–Crippen LogP) is 5.32. The van der Waals surface area contributed by atoms with E-state index in [0.29, 0.717) is 44.0 Å². The molecule has 1 saturated carbocycles. The number of unbranched alkanes of at least 4 members (excludes halogenated alkanes) is 1. The normalized spacial score (nSPS) is 19.9. The molecule has 0 amide bonds. The maximum Gasteiger partial charge on any atom is 0.168 e. The van der Waals surface area contributed by atoms with Crippen molar-refractivity contribution >= 4 is 0 Å². The highest BCUT2D eigenvalue weighted by atomic mass is 19.2. The summed E-state index contributed by atoms with van der Waals surface area (Å²) in [5, 5.41) is 11.1. The Balaban J connectivity index is 1.52. The monoisotopic (exact) mass is 418 g/mol. The summed E-state index contributed by atoms with van der Waals surface area (Å²) >= 11 is 0. The van der Waals surface area contributed by atoms with E-state index in [1.807, 2.05) is 0 Å². The Hall–Kier alpha value is -2.02. The van der Waals surface area contributed by atoms with Crippen LogP contribution in [0.1, 0.15) is 51.0 Å². The molecule has 2 aliphatic rings. The molecule has 1 spiro atoms. The quantitative estimate of drug-likeness (QED) is 0.646. The Morgan fingerprint density at radius 3 is 2.23 bits per heavy atom. The first-order chi connectivity index (χ1) is 14.5. The summed E-state index contributed by atoms with van der Waals surface area (Å²) in [4.78, 5) is 0. The second kappa shape index (κ2) is 8.61. The molecule has 6 heteroatoms. The first-order valence-electron chi connectivity index (χ1n) is 10.7. The van der Waals surface area contributed by atoms with Crippen LogP contribution >= 0.6 is 0 Å². The van der Waals surface area contributed by atoms with Gasteiger partial charge in [-0.25, -0.2) is 8.78 Å². The van der Waals surface area contributed by atoms with E-state index >= 15 is 4.39 Å². The maximum absolute atomic E-state index is 15.0. The molecule has 30 heavy (non-hydrogen) atoms. The molecule has 1 N–H and O–H groups in total. The number of ether oxygens (including phenoxy) is 3. The zero-order valence-corrected chi connectivity index (χ0v) is 17.3. The summed E-state index contributed by atoms with van der Waals surface area (Å²) in [6, 6.07) is 9.97. The van der Waals surface area contributed by atoms with Crippen molar-refractivity contribution in [1.82, 2.24) is 0 Å². The molecule has 1 aliphatic heterocycles. The van der Waals surface area contributed by atoms with Crippen molar-refractivity contribution in [3.05, 3.63) is 53.6 Å². The highest BCUT2D eigenvalue weighted by Crippen LogP contribution is 2.46. The topological polar surface area (TPSA) is 47.9 Å². The lowest BCUT2D eigenvalue weighted by atomic mass is 9.76. The van der Waals surface area contributed by atoms with Gasteiger partial charge in [0.05, 0.1) is 25.4 Å². The summed E-state index contributed by atoms with van der Waals surface area (Å²) in [6.07, 6.45) is 3.42. The zero-order chi connectivity index (χ0) is 21.2. The van der Waals surface area contributed by atoms with Gasteiger partial charge in [-0.05, 0) is 37.0 Å². The molecule has 1 aliphatic carbocycles. The first kappa shape index (κ1) is 21.2. The van der Waals surface area contributed by atoms with Gasteiger partial charge in [0, 0.05) is 24.0 Å². The van der Waals surface area contributed by atoms with Crippen LogP contribution in [0.2, 0.25) is 0 Å². The van der Waals surface area contributed by atoms with Gasteiger partial charge in [0.15, 0.2) is 17.4 Å². The Bertz CT molecular complexity index is 866. The van der Waals surface area contributed by atoms with E-state index in [-0.39, 0.29) is 24.0 Å². The molecular weight excluding hydrogens is 390 g/mol. The molecule has 2 fully saturated rings. The Morgan fingerprint density at radius 2 is 1.60 bits per heavy atom. The van der Waals surface area contributed by atoms with Gasteiger partial charge in [-0.2, -0.15) is 0 Å². The Morgan fingerprint density at radius 1 is 0.933 bits per heavy atom. The largest absolute Gasteiger partial charge is 0.494 e. The average Bonchev–Trinajstić information content (AvgIpc) is 3.22. The summed E-state index contributed by atoms with van der Waals surface area (Å²) in [5.41, 5.74) is -0.713. The molecule has 4 nitrogen and oxygen atoms in total. The van der Waals surface area contributed by atoms with Crippen molar-refractivity contribution in [3.8, 4) is 16.9 Å². The molecule has 4 rings (SSSR count). The summed E-state index contributed by atoms with van der Waals surface area (Å²) in [7, 11) is 0. The average molecular weight is 418 g/mol. The van der Waals surface area contributed by atoms with Gasteiger partial charge >= 0.3 is 0 Å². The first-order valence-corrected chi connectivity index (χ1v) is 10.7. The molecule has 0 unspecified atom stereocenters. The Labute approximate surface area is 175 Å². The lowest BCUT2D eigenvalue weighted by molar-refractivity contribution is -0.204. The fourth-order valence-electron chi connectivity index (χ4n) is 4.30. The van der Waals surface area contributed by atoms with Crippen molar-refractivity contribution in [2.75, 3.05) is 19.8 Å². The van der Waals surface area contributed by atoms with Crippen molar-refractivity contribution in [3.63, 3.8) is 0 Å². The van der Waals surface area contributed by atoms with E-state index in [1.165, 1.54) is 12.1 Å². The molecule has 162 valence electrons. The minimum absolute atomic E-state index is 0.00360. The molecule has 1 heterocycles. The summed E-state index contributed by atoms with van der Waals surface area (Å²) in [5.74, 6) is -1.93. The van der Waals surface area contributed by atoms with Gasteiger partial charge in [-0.15, -0.1) is 0 Å². The minimum atomic E-state index is -1.43. The maximum atomic E-state index is 15.0. The third kappa shape index (κ3) is 4.09. The van der Waals surface area contributed by atoms with Gasteiger partial charge in [0.1, 0.15) is 5.75 Å². The van der Waals surface area contributed by atoms with Crippen LogP contribution in [0.3, 0.4) is 0 Å². The highest BCUT2D eigenvalue weighted by Gasteiger charge is 2.47. The fraction of sp³-hybridized carbons (Fsp3) is 0.500. The van der Waals surface area contributed by atoms with Crippen LogP contribution in [0.15, 0.2) is 36.4 Å². The highest BCUT2D eigenvalue weighted by molar-refractivity contribution is 5.65. The Kier molecular flexibility index (Phi) is 6.09. The number of hydrogen-bond donors (Lipinski definition) is 1. The van der Waals surface area contributed by atoms with Crippen LogP contribution in [0.5, 0.6) is 5.75 Å². The van der Waals surface area contributed by atoms with E-state index in [4.69, 9.17) is 14.2 Å². The second-order valence-electron chi connectivity index (χ2n) is 8.15. The molecule has 1 saturated heterocycles. The number of benzene rings is 2. The lowest BCUT2D eigenvalue weighted by Gasteiger charge is -2.41. The van der Waals surface area contributed by atoms with E-state index < -0.39 is 23.0 Å². The van der Waals surface area contributed by atoms with Crippen LogP contribution in [-0.4, -0.2) is 30.7 Å². The molecule has 2 aromatic rings. The number of halogens is 2. The zero-order valence-electron chi connectivity index (χ0n) is 17.3. The van der Waals surface area contributed by atoms with Crippen LogP contribution in [0, 0.1) is 11.6 Å². The molecule has 0 radical (unpaired) electrons. The van der Waals surface area contributed by atoms with E-state index in [9.17, 15) is 9.50 Å². The van der Waals surface area contributed by atoms with Gasteiger partial charge in [0.2, 0.25) is 0 Å². The predicted molar refractivity (Wildman–Crippen MR) is 109 cm³/mol. The third-order valence-corrected chi connectivity index (χ3v) is 6.17. The van der Waals surface area contributed by atoms with Crippen LogP contribution in [0.25, 0.3) is 11.1 Å². The van der Waals surface area contributed by atoms with Gasteiger partial charge in [0.25, 0.3) is 0 Å². The molecule has 0 atom stereocenters. The lowest BCUT2D eigenvalue weighted by Crippen LogP contribution is -2.42. The van der Waals surface area contributed by atoms with Crippen LogP contribution in [-0.2, 0) is 15.1 Å². The third-order valence-electron chi connectivity index (χ3n) is 6.17. The van der Waals surface area contributed by atoms with Crippen LogP contribution < -0.4 is 4.74 Å². The van der Waals surface area contributed by atoms with Crippen molar-refractivity contribution < 1.29 is 28.1 Å². The van der Waals surface area contributed by atoms with Gasteiger partial charge in [-0.3, -0.25) is 0 Å². The molecular formula is C24H28F2O4. The molecule has 2 aromatic carbocycles. The standard InChI is InChI=1S/C24H28F2O4/c1-2-3-14-28-18-6-4-17(5-7-18)19-8-9-20(22(26)21(19)25)23(27)10-12-24(13-11-23)29-15-16-30-24/h4-9,27H,2-3,10-16H2,1H3. The van der Waals surface area contributed by atoms with Crippen LogP contribution in [0.4, 0.5) is 8.78 Å². The molecule has 0 aromatic heterocycles.